The Morgan fingerprint density at radius 2 is 1.47 bits per heavy atom. The van der Waals surface area contributed by atoms with Gasteiger partial charge in [0.1, 0.15) is 5.82 Å². The molecule has 2 nitrogen and oxygen atoms in total. The number of halogens is 2. The quantitative estimate of drug-likeness (QED) is 0.384. The third-order valence-electron chi connectivity index (χ3n) is 4.68. The molecule has 1 N–H and O–H groups in total. The first-order chi connectivity index (χ1) is 17.3. The molecular formula is C32H50ClFN2. The summed E-state index contributed by atoms with van der Waals surface area (Å²) in [6.07, 6.45) is 7.94. The molecular weight excluding hydrogens is 467 g/mol. The molecule has 0 unspecified atom stereocenters. The van der Waals surface area contributed by atoms with Crippen molar-refractivity contribution in [1.82, 2.24) is 4.90 Å². The van der Waals surface area contributed by atoms with Crippen LogP contribution in [0.4, 0.5) is 10.1 Å². The minimum atomic E-state index is -0.146. The van der Waals surface area contributed by atoms with E-state index < -0.39 is 0 Å². The molecule has 0 atom stereocenters. The maximum Gasteiger partial charge on any atom is 0.123 e. The van der Waals surface area contributed by atoms with E-state index in [1.807, 2.05) is 97.9 Å². The number of allylic oxidation sites excluding steroid dienone is 3. The van der Waals surface area contributed by atoms with Crippen LogP contribution in [0, 0.1) is 5.82 Å². The number of nitrogens with zero attached hydrogens (tertiary/aromatic N) is 1. The van der Waals surface area contributed by atoms with Crippen molar-refractivity contribution < 1.29 is 4.39 Å². The second kappa shape index (κ2) is 23.1. The van der Waals surface area contributed by atoms with Gasteiger partial charge in [0.25, 0.3) is 0 Å². The zero-order chi connectivity index (χ0) is 27.9. The highest BCUT2D eigenvalue weighted by atomic mass is 35.5. The number of rotatable bonds is 6. The molecule has 0 bridgehead atoms. The summed E-state index contributed by atoms with van der Waals surface area (Å²) >= 11 is 5.95. The Bertz CT molecular complexity index is 866. The second-order valence-electron chi connectivity index (χ2n) is 7.78. The average Bonchev–Trinajstić information content (AvgIpc) is 2.89. The van der Waals surface area contributed by atoms with Gasteiger partial charge in [0.05, 0.1) is 0 Å². The van der Waals surface area contributed by atoms with E-state index in [1.54, 1.807) is 12.1 Å². The molecule has 0 saturated carbocycles. The van der Waals surface area contributed by atoms with Crippen LogP contribution in [0.1, 0.15) is 85.8 Å². The van der Waals surface area contributed by atoms with E-state index in [1.165, 1.54) is 37.9 Å². The van der Waals surface area contributed by atoms with Crippen molar-refractivity contribution in [1.29, 1.82) is 0 Å². The van der Waals surface area contributed by atoms with Crippen LogP contribution in [0.15, 0.2) is 73.0 Å². The fourth-order valence-corrected chi connectivity index (χ4v) is 3.38. The van der Waals surface area contributed by atoms with Gasteiger partial charge >= 0.3 is 0 Å². The van der Waals surface area contributed by atoms with E-state index in [9.17, 15) is 4.39 Å². The van der Waals surface area contributed by atoms with Crippen LogP contribution in [-0.2, 0) is 6.54 Å². The summed E-state index contributed by atoms with van der Waals surface area (Å²) in [6.45, 7) is 26.9. The summed E-state index contributed by atoms with van der Waals surface area (Å²) in [5.74, 6) is -0.146. The van der Waals surface area contributed by atoms with Gasteiger partial charge < -0.3 is 5.32 Å². The Morgan fingerprint density at radius 1 is 0.917 bits per heavy atom. The minimum absolute atomic E-state index is 0.146. The van der Waals surface area contributed by atoms with Crippen molar-refractivity contribution in [2.24, 2.45) is 0 Å². The minimum Gasteiger partial charge on any atom is -0.359 e. The van der Waals surface area contributed by atoms with Crippen molar-refractivity contribution in [2.75, 3.05) is 18.4 Å². The Kier molecular flexibility index (Phi) is 22.9. The lowest BCUT2D eigenvalue weighted by Gasteiger charge is -2.26. The third kappa shape index (κ3) is 17.1. The standard InChI is InChI=1S/C14H16ClN.C12H16FN.3C2H6/c1-10(2)5-6-12-7-8-13(15)9-14(12)16-11(3)4;13-12-6-4-11(5-7-12)10-14-8-2-1-3-9-14;3*1-2/h5-9,16H,1,3H2,2,4H3;4-7H,1-3,8-10H2;3*1-2H3/b6-5+;;;;. The molecule has 1 aliphatic heterocycles. The predicted octanol–water partition coefficient (Wildman–Crippen LogP) is 10.8. The summed E-state index contributed by atoms with van der Waals surface area (Å²) in [5, 5.41) is 3.88. The zero-order valence-corrected chi connectivity index (χ0v) is 24.8. The van der Waals surface area contributed by atoms with Gasteiger partial charge in [-0.25, -0.2) is 4.39 Å². The van der Waals surface area contributed by atoms with Crippen molar-refractivity contribution >= 4 is 23.4 Å². The Morgan fingerprint density at radius 3 is 1.97 bits per heavy atom. The second-order valence-corrected chi connectivity index (χ2v) is 8.22. The van der Waals surface area contributed by atoms with Crippen molar-refractivity contribution in [2.45, 2.75) is 81.2 Å². The molecule has 202 valence electrons. The molecule has 0 radical (unpaired) electrons. The van der Waals surface area contributed by atoms with Gasteiger partial charge in [0.2, 0.25) is 0 Å². The van der Waals surface area contributed by atoms with Gasteiger partial charge in [-0.05, 0) is 75.2 Å². The maximum atomic E-state index is 12.7. The van der Waals surface area contributed by atoms with Gasteiger partial charge in [-0.1, -0.05) is 109 Å². The maximum absolute atomic E-state index is 12.7. The highest BCUT2D eigenvalue weighted by molar-refractivity contribution is 6.31. The number of nitrogens with one attached hydrogen (secondary N) is 1. The normalized spacial score (nSPS) is 12.3. The van der Waals surface area contributed by atoms with Crippen LogP contribution in [0.5, 0.6) is 0 Å². The van der Waals surface area contributed by atoms with Gasteiger partial charge in [-0.15, -0.1) is 0 Å². The lowest BCUT2D eigenvalue weighted by Crippen LogP contribution is -2.29. The Hall–Kier alpha value is -2.36. The molecule has 0 spiro atoms. The lowest BCUT2D eigenvalue weighted by atomic mass is 10.1. The molecule has 1 fully saturated rings. The van der Waals surface area contributed by atoms with Crippen molar-refractivity contribution in [3.8, 4) is 0 Å². The number of hydrogen-bond acceptors (Lipinski definition) is 2. The van der Waals surface area contributed by atoms with E-state index in [0.717, 1.165) is 29.1 Å². The van der Waals surface area contributed by atoms with Gasteiger partial charge in [0, 0.05) is 23.0 Å². The van der Waals surface area contributed by atoms with Crippen LogP contribution >= 0.6 is 11.6 Å². The van der Waals surface area contributed by atoms with E-state index in [0.29, 0.717) is 5.02 Å². The molecule has 4 heteroatoms. The predicted molar refractivity (Wildman–Crippen MR) is 163 cm³/mol. The van der Waals surface area contributed by atoms with Crippen LogP contribution < -0.4 is 5.32 Å². The van der Waals surface area contributed by atoms with Crippen LogP contribution in [0.3, 0.4) is 0 Å². The SMILES string of the molecule is C=C(C)/C=C/c1ccc(Cl)cc1NC(=C)C.CC.CC.CC.Fc1ccc(CN2CCCCC2)cc1. The van der Waals surface area contributed by atoms with E-state index in [-0.39, 0.29) is 5.82 Å². The van der Waals surface area contributed by atoms with Crippen LogP contribution in [0.25, 0.3) is 6.08 Å². The zero-order valence-electron chi connectivity index (χ0n) is 24.1. The molecule has 2 aromatic rings. The molecule has 36 heavy (non-hydrogen) atoms. The molecule has 0 aromatic heterocycles. The lowest BCUT2D eigenvalue weighted by molar-refractivity contribution is 0.221. The van der Waals surface area contributed by atoms with E-state index in [4.69, 9.17) is 11.6 Å². The summed E-state index contributed by atoms with van der Waals surface area (Å²) in [7, 11) is 0. The number of piperidine rings is 1. The smallest absolute Gasteiger partial charge is 0.123 e. The summed E-state index contributed by atoms with van der Waals surface area (Å²) in [4.78, 5) is 2.44. The molecule has 3 rings (SSSR count). The van der Waals surface area contributed by atoms with Gasteiger partial charge in [-0.3, -0.25) is 4.90 Å². The fraction of sp³-hybridized carbons (Fsp3) is 0.438. The van der Waals surface area contributed by atoms with Crippen molar-refractivity contribution in [3.63, 3.8) is 0 Å². The highest BCUT2D eigenvalue weighted by Gasteiger charge is 2.09. The average molecular weight is 517 g/mol. The monoisotopic (exact) mass is 516 g/mol. The van der Waals surface area contributed by atoms with Gasteiger partial charge in [-0.2, -0.15) is 0 Å². The highest BCUT2D eigenvalue weighted by Crippen LogP contribution is 2.23. The number of benzene rings is 2. The summed E-state index contributed by atoms with van der Waals surface area (Å²) < 4.78 is 12.7. The largest absolute Gasteiger partial charge is 0.359 e. The molecule has 1 aliphatic rings. The molecule has 0 amide bonds. The Balaban J connectivity index is 0. The number of anilines is 1. The third-order valence-corrected chi connectivity index (χ3v) is 4.91. The van der Waals surface area contributed by atoms with Crippen LogP contribution in [-0.4, -0.2) is 18.0 Å². The summed E-state index contributed by atoms with van der Waals surface area (Å²) in [6, 6.07) is 12.6. The topological polar surface area (TPSA) is 15.3 Å². The molecule has 0 aliphatic carbocycles. The first-order valence-electron chi connectivity index (χ1n) is 13.4. The van der Waals surface area contributed by atoms with Gasteiger partial charge in [0.15, 0.2) is 0 Å². The fourth-order valence-electron chi connectivity index (χ4n) is 3.21. The van der Waals surface area contributed by atoms with Crippen LogP contribution in [0.2, 0.25) is 5.02 Å². The van der Waals surface area contributed by atoms with E-state index in [2.05, 4.69) is 23.4 Å². The van der Waals surface area contributed by atoms with E-state index >= 15 is 0 Å². The summed E-state index contributed by atoms with van der Waals surface area (Å²) in [5.41, 5.74) is 5.13. The first-order valence-corrected chi connectivity index (χ1v) is 13.7. The first kappa shape index (κ1) is 35.8. The number of likely N-dealkylation sites (tertiary alicyclic amines) is 1. The number of hydrogen-bond donors (Lipinski definition) is 1. The Labute approximate surface area is 227 Å². The molecule has 1 heterocycles. The van der Waals surface area contributed by atoms with Crippen molar-refractivity contribution in [3.05, 3.63) is 94.9 Å². The molecule has 2 aromatic carbocycles. The molecule has 1 saturated heterocycles.